The van der Waals surface area contributed by atoms with Crippen molar-refractivity contribution >= 4 is 87.5 Å². The zero-order valence-electron chi connectivity index (χ0n) is 50.8. The highest BCUT2D eigenvalue weighted by Crippen LogP contribution is 2.46. The normalized spacial score (nSPS) is 11.6. The zero-order chi connectivity index (χ0) is 62.1. The first-order valence-corrected chi connectivity index (χ1v) is 31.7. The predicted octanol–water partition coefficient (Wildman–Crippen LogP) is 21.1. The molecule has 0 saturated carbocycles. The molecule has 7 heterocycles. The average Bonchev–Trinajstić information content (AvgIpc) is 1.57. The number of pyridine rings is 2. The van der Waals surface area contributed by atoms with E-state index in [1.807, 2.05) is 79.1 Å². The average molecular weight is 1200 g/mol. The molecular weight excluding hydrogens is 1150 g/mol. The topological polar surface area (TPSA) is 84.2 Å². The zero-order valence-corrected chi connectivity index (χ0v) is 50.8. The number of aromatic nitrogens is 9. The molecule has 0 unspecified atom stereocenters. The van der Waals surface area contributed by atoms with Crippen LogP contribution in [0.4, 0.5) is 0 Å². The van der Waals surface area contributed by atoms with Gasteiger partial charge in [-0.2, -0.15) is 9.97 Å². The first-order chi connectivity index (χ1) is 46.7. The van der Waals surface area contributed by atoms with Gasteiger partial charge in [-0.1, -0.05) is 237 Å². The fourth-order valence-electron chi connectivity index (χ4n) is 14.2. The van der Waals surface area contributed by atoms with Crippen molar-refractivity contribution in [3.63, 3.8) is 0 Å². The summed E-state index contributed by atoms with van der Waals surface area (Å²) in [7, 11) is 0. The molecule has 0 fully saturated rings. The highest BCUT2D eigenvalue weighted by molar-refractivity contribution is 6.23. The van der Waals surface area contributed by atoms with Crippen LogP contribution in [0.1, 0.15) is 0 Å². The van der Waals surface area contributed by atoms with Crippen LogP contribution in [0.5, 0.6) is 0 Å². The van der Waals surface area contributed by atoms with Crippen LogP contribution < -0.4 is 0 Å². The maximum absolute atomic E-state index is 5.13. The molecule has 0 aliphatic rings. The molecule has 9 heteroatoms. The third kappa shape index (κ3) is 8.89. The van der Waals surface area contributed by atoms with Crippen molar-refractivity contribution in [1.82, 2.24) is 43.2 Å². The number of nitrogens with zero attached hydrogens (tertiary/aromatic N) is 9. The second kappa shape index (κ2) is 22.6. The van der Waals surface area contributed by atoms with Gasteiger partial charge in [0.05, 0.1) is 33.1 Å². The van der Waals surface area contributed by atoms with E-state index >= 15 is 0 Å². The van der Waals surface area contributed by atoms with Gasteiger partial charge < -0.3 is 4.57 Å². The van der Waals surface area contributed by atoms with Crippen LogP contribution in [0.2, 0.25) is 0 Å². The van der Waals surface area contributed by atoms with E-state index in [0.29, 0.717) is 17.6 Å². The minimum atomic E-state index is 0.571. The van der Waals surface area contributed by atoms with Gasteiger partial charge in [-0.3, -0.25) is 13.7 Å². The molecule has 0 radical (unpaired) electrons. The van der Waals surface area contributed by atoms with Crippen molar-refractivity contribution < 1.29 is 0 Å². The lowest BCUT2D eigenvalue weighted by molar-refractivity contribution is 0.953. The van der Waals surface area contributed by atoms with Crippen LogP contribution in [0.15, 0.2) is 334 Å². The van der Waals surface area contributed by atoms with Crippen LogP contribution >= 0.6 is 0 Å². The molecule has 12 aromatic carbocycles. The quantitative estimate of drug-likeness (QED) is 0.144. The monoisotopic (exact) mass is 1200 g/mol. The first kappa shape index (κ1) is 54.1. The Kier molecular flexibility index (Phi) is 13.0. The van der Waals surface area contributed by atoms with Gasteiger partial charge in [-0.05, 0) is 118 Å². The van der Waals surface area contributed by atoms with Crippen LogP contribution in [0, 0.1) is 0 Å². The number of rotatable bonds is 9. The second-order valence-electron chi connectivity index (χ2n) is 23.5. The van der Waals surface area contributed by atoms with E-state index in [1.54, 1.807) is 0 Å². The number of para-hydroxylation sites is 6. The standard InChI is InChI=1S/C44H28N6.C41H27N3/c1-4-15-29(16-5-1)41-46-42(30-17-6-2-7-18-30)48-44(47-41)50-37-25-13-10-21-34(37)39-32(23-14-26-38(39)50)33-27-28-45-43-40(33)35-22-11-12-24-36(35)49(43)31-19-8-3-9-20-31;1-3-12-28(13-4-1)29-22-24-31(25-23-29)43-36-19-9-7-16-34(36)39-32(18-11-21-38(39)43)33-26-27-42-41-40(33)35-17-8-10-20-37(35)44(41)30-14-5-2-6-15-30/h1-28H;1-27H. The van der Waals surface area contributed by atoms with Crippen LogP contribution in [-0.2, 0) is 0 Å². The Balaban J connectivity index is 0.000000139. The summed E-state index contributed by atoms with van der Waals surface area (Å²) in [5.74, 6) is 1.82. The molecule has 0 saturated heterocycles. The van der Waals surface area contributed by atoms with Gasteiger partial charge in [0.1, 0.15) is 11.3 Å². The van der Waals surface area contributed by atoms with Crippen molar-refractivity contribution in [2.75, 3.05) is 0 Å². The number of hydrogen-bond acceptors (Lipinski definition) is 5. The molecule has 0 aliphatic heterocycles. The third-order valence-corrected chi connectivity index (χ3v) is 18.2. The number of benzene rings is 12. The molecule has 0 atom stereocenters. The summed E-state index contributed by atoms with van der Waals surface area (Å²) in [6.45, 7) is 0. The molecule has 0 amide bonds. The molecule has 19 rings (SSSR count). The lowest BCUT2D eigenvalue weighted by Gasteiger charge is -2.11. The largest absolute Gasteiger partial charge is 0.309 e. The molecule has 0 spiro atoms. The fraction of sp³-hybridized carbons (Fsp3) is 0. The van der Waals surface area contributed by atoms with E-state index in [4.69, 9.17) is 24.9 Å². The Bertz CT molecular complexity index is 6020. The molecule has 440 valence electrons. The molecule has 19 aromatic rings. The van der Waals surface area contributed by atoms with Crippen molar-refractivity contribution in [2.24, 2.45) is 0 Å². The first-order valence-electron chi connectivity index (χ1n) is 31.7. The summed E-state index contributed by atoms with van der Waals surface area (Å²) in [4.78, 5) is 25.2. The van der Waals surface area contributed by atoms with Crippen molar-refractivity contribution in [1.29, 1.82) is 0 Å². The SMILES string of the molecule is c1ccc(-c2ccc(-n3c4ccccc4c4c(-c5ccnc6c5c5ccccc5n6-c5ccccc5)cccc43)cc2)cc1.c1ccc(-c2nc(-c3ccccc3)nc(-n3c4ccccc4c4c(-c5ccnc6c5c5ccccc5n6-c5ccccc5)cccc43)n2)cc1. The summed E-state index contributed by atoms with van der Waals surface area (Å²) in [5, 5.41) is 9.39. The van der Waals surface area contributed by atoms with E-state index in [1.165, 1.54) is 54.8 Å². The van der Waals surface area contributed by atoms with Gasteiger partial charge >= 0.3 is 0 Å². The van der Waals surface area contributed by atoms with Crippen LogP contribution in [0.25, 0.3) is 167 Å². The lowest BCUT2D eigenvalue weighted by atomic mass is 9.97. The summed E-state index contributed by atoms with van der Waals surface area (Å²) >= 11 is 0. The molecule has 9 nitrogen and oxygen atoms in total. The van der Waals surface area contributed by atoms with E-state index < -0.39 is 0 Å². The van der Waals surface area contributed by atoms with Gasteiger partial charge in [0.2, 0.25) is 5.95 Å². The Morgan fingerprint density at radius 1 is 0.202 bits per heavy atom. The van der Waals surface area contributed by atoms with Gasteiger partial charge in [0.25, 0.3) is 0 Å². The third-order valence-electron chi connectivity index (χ3n) is 18.2. The molecule has 0 N–H and O–H groups in total. The highest BCUT2D eigenvalue weighted by Gasteiger charge is 2.25. The van der Waals surface area contributed by atoms with Gasteiger partial charge in [-0.25, -0.2) is 15.0 Å². The lowest BCUT2D eigenvalue weighted by Crippen LogP contribution is -2.06. The maximum Gasteiger partial charge on any atom is 0.238 e. The van der Waals surface area contributed by atoms with E-state index in [-0.39, 0.29) is 0 Å². The summed E-state index contributed by atoms with van der Waals surface area (Å²) < 4.78 is 9.12. The smallest absolute Gasteiger partial charge is 0.238 e. The molecule has 7 aromatic heterocycles. The Hall–Kier alpha value is -12.9. The van der Waals surface area contributed by atoms with Gasteiger partial charge in [0, 0.05) is 83.7 Å². The molecule has 0 bridgehead atoms. The maximum atomic E-state index is 5.13. The van der Waals surface area contributed by atoms with Crippen molar-refractivity contribution in [2.45, 2.75) is 0 Å². The number of hydrogen-bond donors (Lipinski definition) is 0. The summed E-state index contributed by atoms with van der Waals surface area (Å²) in [5.41, 5.74) is 20.9. The summed E-state index contributed by atoms with van der Waals surface area (Å²) in [6, 6.07) is 113. The van der Waals surface area contributed by atoms with Gasteiger partial charge in [-0.15, -0.1) is 0 Å². The minimum absolute atomic E-state index is 0.571. The number of fused-ring (bicyclic) bond motifs is 12. The Morgan fingerprint density at radius 2 is 0.521 bits per heavy atom. The minimum Gasteiger partial charge on any atom is -0.309 e. The fourth-order valence-corrected chi connectivity index (χ4v) is 14.2. The Morgan fingerprint density at radius 3 is 0.968 bits per heavy atom. The second-order valence-corrected chi connectivity index (χ2v) is 23.5. The van der Waals surface area contributed by atoms with Crippen LogP contribution in [0.3, 0.4) is 0 Å². The molecular formula is C85H55N9. The van der Waals surface area contributed by atoms with E-state index in [2.05, 4.69) is 273 Å². The molecule has 94 heavy (non-hydrogen) atoms. The van der Waals surface area contributed by atoms with E-state index in [9.17, 15) is 0 Å². The van der Waals surface area contributed by atoms with E-state index in [0.717, 1.165) is 94.2 Å². The highest BCUT2D eigenvalue weighted by atomic mass is 15.2. The summed E-state index contributed by atoms with van der Waals surface area (Å²) in [6.07, 6.45) is 3.88. The van der Waals surface area contributed by atoms with Crippen molar-refractivity contribution in [3.8, 4) is 79.2 Å². The van der Waals surface area contributed by atoms with Crippen molar-refractivity contribution in [3.05, 3.63) is 334 Å². The molecule has 0 aliphatic carbocycles. The van der Waals surface area contributed by atoms with Gasteiger partial charge in [0.15, 0.2) is 11.6 Å². The van der Waals surface area contributed by atoms with Crippen LogP contribution in [-0.4, -0.2) is 43.2 Å². The predicted molar refractivity (Wildman–Crippen MR) is 386 cm³/mol. The Labute approximate surface area is 540 Å².